The standard InChI is InChI=1S/C14H14FN3O/c1-18(9-3-8-17)14(19)12-6-5-11(4-2-7-16)10-13(12)15/h5-6,10H,3,7,9,16H2,1H3. The Bertz CT molecular complexity index is 566. The van der Waals surface area contributed by atoms with E-state index in [0.717, 1.165) is 0 Å². The average molecular weight is 259 g/mol. The van der Waals surface area contributed by atoms with Crippen LogP contribution in [0.1, 0.15) is 22.3 Å². The van der Waals surface area contributed by atoms with Crippen molar-refractivity contribution in [1.82, 2.24) is 4.90 Å². The van der Waals surface area contributed by atoms with Crippen LogP contribution in [0.4, 0.5) is 4.39 Å². The molecule has 98 valence electrons. The molecule has 0 aromatic heterocycles. The van der Waals surface area contributed by atoms with Gasteiger partial charge >= 0.3 is 0 Å². The molecular weight excluding hydrogens is 245 g/mol. The zero-order chi connectivity index (χ0) is 14.3. The van der Waals surface area contributed by atoms with E-state index in [0.29, 0.717) is 5.56 Å². The Morgan fingerprint density at radius 3 is 2.84 bits per heavy atom. The van der Waals surface area contributed by atoms with Crippen molar-refractivity contribution in [2.75, 3.05) is 20.1 Å². The van der Waals surface area contributed by atoms with Crippen LogP contribution in [0.2, 0.25) is 0 Å². The molecule has 0 spiro atoms. The first-order valence-corrected chi connectivity index (χ1v) is 5.71. The summed E-state index contributed by atoms with van der Waals surface area (Å²) in [5.74, 6) is 4.22. The molecule has 0 unspecified atom stereocenters. The average Bonchev–Trinajstić information content (AvgIpc) is 2.41. The fraction of sp³-hybridized carbons (Fsp3) is 0.286. The van der Waals surface area contributed by atoms with Crippen LogP contribution >= 0.6 is 0 Å². The van der Waals surface area contributed by atoms with Gasteiger partial charge in [-0.2, -0.15) is 5.26 Å². The number of nitrogens with two attached hydrogens (primary N) is 1. The summed E-state index contributed by atoms with van der Waals surface area (Å²) in [7, 11) is 1.53. The van der Waals surface area contributed by atoms with E-state index in [1.807, 2.05) is 6.07 Å². The van der Waals surface area contributed by atoms with Crippen LogP contribution in [0.15, 0.2) is 18.2 Å². The van der Waals surface area contributed by atoms with Crippen LogP contribution in [-0.4, -0.2) is 30.9 Å². The highest BCUT2D eigenvalue weighted by Crippen LogP contribution is 2.12. The molecule has 1 rings (SSSR count). The smallest absolute Gasteiger partial charge is 0.256 e. The van der Waals surface area contributed by atoms with Gasteiger partial charge in [0, 0.05) is 19.2 Å². The third-order valence-electron chi connectivity index (χ3n) is 2.44. The molecule has 1 amide bonds. The molecule has 0 fully saturated rings. The lowest BCUT2D eigenvalue weighted by Crippen LogP contribution is -2.28. The molecule has 19 heavy (non-hydrogen) atoms. The molecule has 0 aliphatic heterocycles. The normalized spacial score (nSPS) is 9.16. The van der Waals surface area contributed by atoms with Crippen molar-refractivity contribution in [1.29, 1.82) is 5.26 Å². The van der Waals surface area contributed by atoms with E-state index in [-0.39, 0.29) is 25.1 Å². The summed E-state index contributed by atoms with van der Waals surface area (Å²) in [6.07, 6.45) is 0.212. The fourth-order valence-electron chi connectivity index (χ4n) is 1.44. The second-order valence-corrected chi connectivity index (χ2v) is 3.84. The number of rotatable bonds is 3. The first-order chi connectivity index (χ1) is 9.10. The van der Waals surface area contributed by atoms with Gasteiger partial charge in [0.05, 0.1) is 24.6 Å². The van der Waals surface area contributed by atoms with Crippen LogP contribution in [0, 0.1) is 29.0 Å². The summed E-state index contributed by atoms with van der Waals surface area (Å²) >= 11 is 0. The lowest BCUT2D eigenvalue weighted by molar-refractivity contribution is 0.0793. The number of nitrogens with zero attached hydrogens (tertiary/aromatic N) is 2. The lowest BCUT2D eigenvalue weighted by atomic mass is 10.1. The van der Waals surface area contributed by atoms with Gasteiger partial charge in [0.25, 0.3) is 5.91 Å². The van der Waals surface area contributed by atoms with Gasteiger partial charge in [-0.1, -0.05) is 11.8 Å². The number of amides is 1. The minimum Gasteiger partial charge on any atom is -0.341 e. The SMILES string of the molecule is CN(CCC#N)C(=O)c1ccc(C#CCN)cc1F. The maximum Gasteiger partial charge on any atom is 0.256 e. The van der Waals surface area contributed by atoms with Crippen molar-refractivity contribution in [3.05, 3.63) is 35.1 Å². The van der Waals surface area contributed by atoms with Crippen molar-refractivity contribution >= 4 is 5.91 Å². The van der Waals surface area contributed by atoms with Crippen LogP contribution in [0.25, 0.3) is 0 Å². The molecule has 0 aliphatic carbocycles. The number of hydrogen-bond acceptors (Lipinski definition) is 3. The quantitative estimate of drug-likeness (QED) is 0.827. The van der Waals surface area contributed by atoms with E-state index in [1.54, 1.807) is 6.07 Å². The maximum atomic E-state index is 13.8. The number of hydrogen-bond donors (Lipinski definition) is 1. The molecule has 1 aromatic carbocycles. The Balaban J connectivity index is 2.90. The Kier molecular flexibility index (Phi) is 5.53. The lowest BCUT2D eigenvalue weighted by Gasteiger charge is -2.15. The third-order valence-corrected chi connectivity index (χ3v) is 2.44. The van der Waals surface area contributed by atoms with E-state index in [2.05, 4.69) is 11.8 Å². The van der Waals surface area contributed by atoms with Crippen LogP contribution < -0.4 is 5.73 Å². The molecule has 0 atom stereocenters. The zero-order valence-corrected chi connectivity index (χ0v) is 10.6. The molecular formula is C14H14FN3O. The number of carbonyl (C=O) groups excluding carboxylic acids is 1. The van der Waals surface area contributed by atoms with E-state index in [9.17, 15) is 9.18 Å². The summed E-state index contributed by atoms with van der Waals surface area (Å²) in [5, 5.41) is 8.45. The number of halogens is 1. The minimum absolute atomic E-state index is 0.0289. The van der Waals surface area contributed by atoms with Crippen molar-refractivity contribution < 1.29 is 9.18 Å². The van der Waals surface area contributed by atoms with Gasteiger partial charge < -0.3 is 10.6 Å². The third kappa shape index (κ3) is 4.09. The number of carbonyl (C=O) groups is 1. The summed E-state index contributed by atoms with van der Waals surface area (Å²) in [5.41, 5.74) is 5.67. The zero-order valence-electron chi connectivity index (χ0n) is 10.6. The van der Waals surface area contributed by atoms with Gasteiger partial charge in [0.2, 0.25) is 0 Å². The van der Waals surface area contributed by atoms with Crippen molar-refractivity contribution in [3.63, 3.8) is 0 Å². The molecule has 0 aliphatic rings. The molecule has 1 aromatic rings. The van der Waals surface area contributed by atoms with Gasteiger partial charge in [0.15, 0.2) is 0 Å². The van der Waals surface area contributed by atoms with E-state index in [4.69, 9.17) is 11.0 Å². The predicted octanol–water partition coefficient (Wildman–Crippen LogP) is 1.12. The van der Waals surface area contributed by atoms with Crippen molar-refractivity contribution in [2.45, 2.75) is 6.42 Å². The van der Waals surface area contributed by atoms with Gasteiger partial charge in [-0.05, 0) is 18.2 Å². The molecule has 0 saturated carbocycles. The largest absolute Gasteiger partial charge is 0.341 e. The summed E-state index contributed by atoms with van der Waals surface area (Å²) < 4.78 is 13.8. The van der Waals surface area contributed by atoms with Crippen LogP contribution in [0.5, 0.6) is 0 Å². The van der Waals surface area contributed by atoms with Gasteiger partial charge in [0.1, 0.15) is 5.82 Å². The fourth-order valence-corrected chi connectivity index (χ4v) is 1.44. The van der Waals surface area contributed by atoms with Gasteiger partial charge in [-0.15, -0.1) is 0 Å². The Labute approximate surface area is 111 Å². The monoisotopic (exact) mass is 259 g/mol. The number of benzene rings is 1. The molecule has 4 nitrogen and oxygen atoms in total. The molecule has 0 saturated heterocycles. The predicted molar refractivity (Wildman–Crippen MR) is 69.5 cm³/mol. The number of nitriles is 1. The first kappa shape index (κ1) is 14.7. The highest BCUT2D eigenvalue weighted by atomic mass is 19.1. The molecule has 5 heteroatoms. The maximum absolute atomic E-state index is 13.8. The Morgan fingerprint density at radius 2 is 2.26 bits per heavy atom. The summed E-state index contributed by atoms with van der Waals surface area (Å²) in [6.45, 7) is 0.461. The van der Waals surface area contributed by atoms with E-state index >= 15 is 0 Å². The topological polar surface area (TPSA) is 70.1 Å². The second-order valence-electron chi connectivity index (χ2n) is 3.84. The first-order valence-electron chi connectivity index (χ1n) is 5.71. The van der Waals surface area contributed by atoms with Crippen molar-refractivity contribution in [3.8, 4) is 17.9 Å². The van der Waals surface area contributed by atoms with Crippen LogP contribution in [0.3, 0.4) is 0 Å². The molecule has 0 bridgehead atoms. The highest BCUT2D eigenvalue weighted by Gasteiger charge is 2.15. The van der Waals surface area contributed by atoms with Gasteiger partial charge in [-0.25, -0.2) is 4.39 Å². The minimum atomic E-state index is -0.627. The Hall–Kier alpha value is -2.37. The van der Waals surface area contributed by atoms with Gasteiger partial charge in [-0.3, -0.25) is 4.79 Å². The molecule has 2 N–H and O–H groups in total. The molecule has 0 radical (unpaired) electrons. The molecule has 0 heterocycles. The van der Waals surface area contributed by atoms with Crippen LogP contribution in [-0.2, 0) is 0 Å². The Morgan fingerprint density at radius 1 is 1.53 bits per heavy atom. The second kappa shape index (κ2) is 7.15. The summed E-state index contributed by atoms with van der Waals surface area (Å²) in [6, 6.07) is 6.09. The van der Waals surface area contributed by atoms with E-state index in [1.165, 1.54) is 24.1 Å². The van der Waals surface area contributed by atoms with E-state index < -0.39 is 11.7 Å². The summed E-state index contributed by atoms with van der Waals surface area (Å²) in [4.78, 5) is 13.2. The highest BCUT2D eigenvalue weighted by molar-refractivity contribution is 5.94. The van der Waals surface area contributed by atoms with Crippen molar-refractivity contribution in [2.24, 2.45) is 5.73 Å².